The summed E-state index contributed by atoms with van der Waals surface area (Å²) in [5.74, 6) is 0.0875. The van der Waals surface area contributed by atoms with Gasteiger partial charge in [0, 0.05) is 54.5 Å². The molecule has 2 saturated heterocycles. The van der Waals surface area contributed by atoms with Gasteiger partial charge < -0.3 is 14.9 Å². The van der Waals surface area contributed by atoms with E-state index in [0.717, 1.165) is 48.5 Å². The molecule has 1 amide bonds. The number of carbonyl (C=O) groups excluding carboxylic acids is 1. The number of anilines is 1. The van der Waals surface area contributed by atoms with Crippen LogP contribution in [0.4, 0.5) is 5.69 Å². The van der Waals surface area contributed by atoms with Gasteiger partial charge in [0.05, 0.1) is 0 Å². The van der Waals surface area contributed by atoms with Crippen molar-refractivity contribution in [3.05, 3.63) is 64.7 Å². The van der Waals surface area contributed by atoms with Crippen LogP contribution in [-0.4, -0.2) is 48.7 Å². The summed E-state index contributed by atoms with van der Waals surface area (Å²) in [6, 6.07) is 15.9. The number of amides is 1. The molecule has 2 fully saturated rings. The first-order chi connectivity index (χ1) is 14.6. The molecular weight excluding hydrogens is 396 g/mol. The van der Waals surface area contributed by atoms with E-state index in [1.165, 1.54) is 24.9 Å². The minimum Gasteiger partial charge on any atom is -0.396 e. The van der Waals surface area contributed by atoms with E-state index in [2.05, 4.69) is 17.0 Å². The number of hydrogen-bond donors (Lipinski definition) is 1. The van der Waals surface area contributed by atoms with Crippen LogP contribution in [0.25, 0.3) is 0 Å². The number of halogens is 1. The van der Waals surface area contributed by atoms with E-state index in [1.54, 1.807) is 0 Å². The number of nitrogens with zero attached hydrogens (tertiary/aromatic N) is 2. The summed E-state index contributed by atoms with van der Waals surface area (Å²) in [6.07, 6.45) is 6.12. The highest BCUT2D eigenvalue weighted by Gasteiger charge is 2.36. The molecule has 0 spiro atoms. The molecule has 2 aromatic rings. The first kappa shape index (κ1) is 21.2. The minimum absolute atomic E-state index is 0.0875. The summed E-state index contributed by atoms with van der Waals surface area (Å²) in [4.78, 5) is 17.4. The molecule has 0 saturated carbocycles. The van der Waals surface area contributed by atoms with Crippen molar-refractivity contribution in [2.75, 3.05) is 37.7 Å². The van der Waals surface area contributed by atoms with Gasteiger partial charge >= 0.3 is 0 Å². The van der Waals surface area contributed by atoms with Crippen LogP contribution in [-0.2, 0) is 6.42 Å². The molecule has 30 heavy (non-hydrogen) atoms. The zero-order chi connectivity index (χ0) is 21.0. The molecule has 2 aliphatic heterocycles. The maximum Gasteiger partial charge on any atom is 0.253 e. The summed E-state index contributed by atoms with van der Waals surface area (Å²) in [6.45, 7) is 3.66. The molecule has 2 aliphatic rings. The lowest BCUT2D eigenvalue weighted by atomic mass is 9.74. The van der Waals surface area contributed by atoms with Gasteiger partial charge in [-0.05, 0) is 74.4 Å². The van der Waals surface area contributed by atoms with Crippen molar-refractivity contribution in [1.82, 2.24) is 4.90 Å². The number of likely N-dealkylation sites (tertiary alicyclic amines) is 1. The maximum atomic E-state index is 13.0. The average Bonchev–Trinajstić information content (AvgIpc) is 2.81. The van der Waals surface area contributed by atoms with Crippen molar-refractivity contribution in [3.8, 4) is 0 Å². The Labute approximate surface area is 184 Å². The van der Waals surface area contributed by atoms with Gasteiger partial charge in [0.2, 0.25) is 0 Å². The number of aliphatic hydroxyl groups is 1. The Morgan fingerprint density at radius 3 is 2.23 bits per heavy atom. The van der Waals surface area contributed by atoms with Crippen LogP contribution >= 0.6 is 11.6 Å². The second-order valence-electron chi connectivity index (χ2n) is 8.81. The van der Waals surface area contributed by atoms with Gasteiger partial charge in [-0.2, -0.15) is 0 Å². The maximum absolute atomic E-state index is 13.0. The van der Waals surface area contributed by atoms with E-state index < -0.39 is 0 Å². The SMILES string of the molecule is O=C(c1ccc(N2CCCCC2)cc1)N1CCC(CO)(Cc2ccccc2Cl)CC1. The molecule has 1 N–H and O–H groups in total. The zero-order valence-corrected chi connectivity index (χ0v) is 18.3. The highest BCUT2D eigenvalue weighted by molar-refractivity contribution is 6.31. The number of carbonyl (C=O) groups is 1. The summed E-state index contributed by atoms with van der Waals surface area (Å²) in [7, 11) is 0. The Kier molecular flexibility index (Phi) is 6.64. The van der Waals surface area contributed by atoms with Crippen LogP contribution in [0.2, 0.25) is 5.02 Å². The fourth-order valence-electron chi connectivity index (χ4n) is 4.77. The van der Waals surface area contributed by atoms with Crippen molar-refractivity contribution in [2.24, 2.45) is 5.41 Å². The summed E-state index contributed by atoms with van der Waals surface area (Å²) in [5.41, 5.74) is 2.82. The van der Waals surface area contributed by atoms with E-state index in [1.807, 2.05) is 41.3 Å². The van der Waals surface area contributed by atoms with Crippen LogP contribution in [0.15, 0.2) is 48.5 Å². The van der Waals surface area contributed by atoms with E-state index >= 15 is 0 Å². The first-order valence-corrected chi connectivity index (χ1v) is 11.5. The highest BCUT2D eigenvalue weighted by Crippen LogP contribution is 2.37. The Balaban J connectivity index is 1.38. The third kappa shape index (κ3) is 4.65. The van der Waals surface area contributed by atoms with Gasteiger partial charge in [0.15, 0.2) is 0 Å². The predicted octanol–water partition coefficient (Wildman–Crippen LogP) is 4.79. The Morgan fingerprint density at radius 1 is 0.933 bits per heavy atom. The van der Waals surface area contributed by atoms with Crippen molar-refractivity contribution < 1.29 is 9.90 Å². The number of aliphatic hydroxyl groups excluding tert-OH is 1. The van der Waals surface area contributed by atoms with Gasteiger partial charge in [0.1, 0.15) is 0 Å². The molecule has 0 aromatic heterocycles. The topological polar surface area (TPSA) is 43.8 Å². The molecular formula is C25H31ClN2O2. The quantitative estimate of drug-likeness (QED) is 0.747. The van der Waals surface area contributed by atoms with E-state index in [-0.39, 0.29) is 17.9 Å². The standard InChI is InChI=1S/C25H31ClN2O2/c26-23-7-3-2-6-21(23)18-25(19-29)12-16-28(17-13-25)24(30)20-8-10-22(11-9-20)27-14-4-1-5-15-27/h2-3,6-11,29H,1,4-5,12-19H2. The third-order valence-corrected chi connectivity index (χ3v) is 7.17. The minimum atomic E-state index is -0.208. The second-order valence-corrected chi connectivity index (χ2v) is 9.22. The van der Waals surface area contributed by atoms with Crippen molar-refractivity contribution >= 4 is 23.2 Å². The fourth-order valence-corrected chi connectivity index (χ4v) is 4.97. The van der Waals surface area contributed by atoms with Crippen LogP contribution in [0.5, 0.6) is 0 Å². The molecule has 0 aliphatic carbocycles. The molecule has 160 valence electrons. The average molecular weight is 427 g/mol. The van der Waals surface area contributed by atoms with Gasteiger partial charge in [-0.1, -0.05) is 29.8 Å². The van der Waals surface area contributed by atoms with Crippen LogP contribution < -0.4 is 4.90 Å². The number of rotatable bonds is 5. The lowest BCUT2D eigenvalue weighted by Gasteiger charge is -2.41. The predicted molar refractivity (Wildman–Crippen MR) is 122 cm³/mol. The van der Waals surface area contributed by atoms with Crippen LogP contribution in [0, 0.1) is 5.41 Å². The fraction of sp³-hybridized carbons (Fsp3) is 0.480. The number of hydrogen-bond acceptors (Lipinski definition) is 3. The van der Waals surface area contributed by atoms with E-state index in [0.29, 0.717) is 13.1 Å². The van der Waals surface area contributed by atoms with Gasteiger partial charge in [-0.15, -0.1) is 0 Å². The highest BCUT2D eigenvalue weighted by atomic mass is 35.5. The molecule has 0 bridgehead atoms. The molecule has 0 radical (unpaired) electrons. The van der Waals surface area contributed by atoms with E-state index in [9.17, 15) is 9.90 Å². The summed E-state index contributed by atoms with van der Waals surface area (Å²) >= 11 is 6.34. The molecule has 0 atom stereocenters. The number of piperidine rings is 2. The monoisotopic (exact) mass is 426 g/mol. The Bertz CT molecular complexity index is 854. The van der Waals surface area contributed by atoms with Gasteiger partial charge in [-0.25, -0.2) is 0 Å². The lowest BCUT2D eigenvalue weighted by molar-refractivity contribution is 0.0358. The largest absolute Gasteiger partial charge is 0.396 e. The molecule has 4 rings (SSSR count). The van der Waals surface area contributed by atoms with Crippen LogP contribution in [0.3, 0.4) is 0 Å². The molecule has 4 nitrogen and oxygen atoms in total. The normalized spacial score (nSPS) is 19.0. The van der Waals surface area contributed by atoms with Gasteiger partial charge in [-0.3, -0.25) is 4.79 Å². The lowest BCUT2D eigenvalue weighted by Crippen LogP contribution is -2.45. The van der Waals surface area contributed by atoms with Crippen molar-refractivity contribution in [3.63, 3.8) is 0 Å². The van der Waals surface area contributed by atoms with Gasteiger partial charge in [0.25, 0.3) is 5.91 Å². The molecule has 0 unspecified atom stereocenters. The first-order valence-electron chi connectivity index (χ1n) is 11.1. The van der Waals surface area contributed by atoms with Crippen molar-refractivity contribution in [2.45, 2.75) is 38.5 Å². The number of benzene rings is 2. The smallest absolute Gasteiger partial charge is 0.253 e. The Morgan fingerprint density at radius 2 is 1.60 bits per heavy atom. The Hall–Kier alpha value is -2.04. The third-order valence-electron chi connectivity index (χ3n) is 6.81. The summed E-state index contributed by atoms with van der Waals surface area (Å²) in [5, 5.41) is 10.9. The van der Waals surface area contributed by atoms with Crippen molar-refractivity contribution in [1.29, 1.82) is 0 Å². The second kappa shape index (κ2) is 9.40. The molecule has 5 heteroatoms. The summed E-state index contributed by atoms with van der Waals surface area (Å²) < 4.78 is 0. The van der Waals surface area contributed by atoms with Crippen LogP contribution in [0.1, 0.15) is 48.0 Å². The van der Waals surface area contributed by atoms with E-state index in [4.69, 9.17) is 11.6 Å². The zero-order valence-electron chi connectivity index (χ0n) is 17.5. The molecule has 2 aromatic carbocycles. The molecule has 2 heterocycles.